The first-order valence-electron chi connectivity index (χ1n) is 5.63. The molecule has 1 rings (SSSR count). The first-order valence-corrected chi connectivity index (χ1v) is 8.96. The van der Waals surface area contributed by atoms with Gasteiger partial charge in [-0.15, -0.1) is 0 Å². The van der Waals surface area contributed by atoms with E-state index in [1.807, 2.05) is 0 Å². The van der Waals surface area contributed by atoms with Gasteiger partial charge in [0.15, 0.2) is 9.84 Å². The summed E-state index contributed by atoms with van der Waals surface area (Å²) >= 11 is 0. The summed E-state index contributed by atoms with van der Waals surface area (Å²) in [4.78, 5) is 0. The summed E-state index contributed by atoms with van der Waals surface area (Å²) in [6, 6.07) is 0. The average Bonchev–Trinajstić information content (AvgIpc) is 2.60. The highest BCUT2D eigenvalue weighted by atomic mass is 32.2. The molecule has 0 aromatic rings. The molecule has 1 N–H and O–H groups in total. The van der Waals surface area contributed by atoms with Crippen LogP contribution in [0.3, 0.4) is 0 Å². The lowest BCUT2D eigenvalue weighted by Gasteiger charge is -2.23. The molecule has 1 fully saturated rings. The molecule has 0 saturated carbocycles. The van der Waals surface area contributed by atoms with Crippen molar-refractivity contribution in [3.05, 3.63) is 0 Å². The van der Waals surface area contributed by atoms with Crippen molar-refractivity contribution in [2.24, 2.45) is 0 Å². The number of sulfonamides is 1. The fourth-order valence-corrected chi connectivity index (χ4v) is 6.50. The van der Waals surface area contributed by atoms with E-state index in [-0.39, 0.29) is 31.1 Å². The lowest BCUT2D eigenvalue weighted by molar-refractivity contribution is 0.270. The Kier molecular flexibility index (Phi) is 4.94. The number of nitrogens with zero attached hydrogens (tertiary/aromatic N) is 1. The maximum absolute atomic E-state index is 12.1. The minimum absolute atomic E-state index is 0.0472. The molecule has 1 aliphatic heterocycles. The van der Waals surface area contributed by atoms with Crippen LogP contribution in [0.1, 0.15) is 19.8 Å². The minimum atomic E-state index is -3.55. The molecule has 0 amide bonds. The second-order valence-corrected chi connectivity index (χ2v) is 8.58. The molecular formula is C9H19NO5S2. The van der Waals surface area contributed by atoms with Crippen LogP contribution in [0, 0.1) is 0 Å². The molecule has 102 valence electrons. The van der Waals surface area contributed by atoms with Crippen LogP contribution >= 0.6 is 0 Å². The van der Waals surface area contributed by atoms with Gasteiger partial charge in [-0.3, -0.25) is 0 Å². The van der Waals surface area contributed by atoms with Crippen LogP contribution in [0.15, 0.2) is 0 Å². The Balaban J connectivity index is 2.79. The molecule has 0 aliphatic carbocycles. The monoisotopic (exact) mass is 285 g/mol. The highest BCUT2D eigenvalue weighted by Crippen LogP contribution is 2.22. The van der Waals surface area contributed by atoms with E-state index in [0.717, 1.165) is 0 Å². The Morgan fingerprint density at radius 2 is 2.06 bits per heavy atom. The lowest BCUT2D eigenvalue weighted by atomic mass is 10.4. The fraction of sp³-hybridized carbons (Fsp3) is 1.00. The second-order valence-electron chi connectivity index (χ2n) is 4.14. The van der Waals surface area contributed by atoms with Crippen molar-refractivity contribution in [2.75, 3.05) is 31.2 Å². The topological polar surface area (TPSA) is 91.8 Å². The summed E-state index contributed by atoms with van der Waals surface area (Å²) in [6.45, 7) is 2.18. The summed E-state index contributed by atoms with van der Waals surface area (Å²) in [5.74, 6) is -0.320. The standard InChI is InChI=1S/C9H19NO5S2/c1-2-10(5-3-6-11)17(14,15)9-4-7-16(12,13)8-9/h9,11H,2-8H2,1H3. The molecule has 17 heavy (non-hydrogen) atoms. The van der Waals surface area contributed by atoms with Crippen molar-refractivity contribution in [1.82, 2.24) is 4.31 Å². The van der Waals surface area contributed by atoms with Gasteiger partial charge in [-0.2, -0.15) is 0 Å². The molecule has 6 nitrogen and oxygen atoms in total. The van der Waals surface area contributed by atoms with Crippen molar-refractivity contribution >= 4 is 19.9 Å². The van der Waals surface area contributed by atoms with Gasteiger partial charge in [-0.25, -0.2) is 21.1 Å². The molecule has 0 radical (unpaired) electrons. The Hall–Kier alpha value is -0.180. The predicted octanol–water partition coefficient (Wildman–Crippen LogP) is -0.792. The maximum Gasteiger partial charge on any atom is 0.218 e. The van der Waals surface area contributed by atoms with Gasteiger partial charge in [-0.1, -0.05) is 6.92 Å². The summed E-state index contributed by atoms with van der Waals surface area (Å²) in [6.07, 6.45) is 0.548. The smallest absolute Gasteiger partial charge is 0.218 e. The summed E-state index contributed by atoms with van der Waals surface area (Å²) in [5.41, 5.74) is 0. The van der Waals surface area contributed by atoms with Gasteiger partial charge in [0.25, 0.3) is 0 Å². The third-order valence-electron chi connectivity index (χ3n) is 2.89. The Morgan fingerprint density at radius 3 is 2.47 bits per heavy atom. The van der Waals surface area contributed by atoms with Crippen molar-refractivity contribution in [2.45, 2.75) is 25.0 Å². The third kappa shape index (κ3) is 3.64. The van der Waals surface area contributed by atoms with Gasteiger partial charge in [0.2, 0.25) is 10.0 Å². The molecule has 1 unspecified atom stereocenters. The molecule has 1 saturated heterocycles. The Labute approximate surface area is 103 Å². The van der Waals surface area contributed by atoms with Gasteiger partial charge >= 0.3 is 0 Å². The number of hydrogen-bond donors (Lipinski definition) is 1. The molecule has 1 heterocycles. The van der Waals surface area contributed by atoms with E-state index in [1.54, 1.807) is 6.92 Å². The third-order valence-corrected chi connectivity index (χ3v) is 7.27. The second kappa shape index (κ2) is 5.64. The van der Waals surface area contributed by atoms with E-state index in [4.69, 9.17) is 5.11 Å². The van der Waals surface area contributed by atoms with Crippen LogP contribution in [-0.2, 0) is 19.9 Å². The van der Waals surface area contributed by atoms with Gasteiger partial charge in [0.1, 0.15) is 0 Å². The van der Waals surface area contributed by atoms with Crippen LogP contribution in [0.25, 0.3) is 0 Å². The molecule has 8 heteroatoms. The average molecular weight is 285 g/mol. The summed E-state index contributed by atoms with van der Waals surface area (Å²) < 4.78 is 48.1. The van der Waals surface area contributed by atoms with Gasteiger partial charge in [0, 0.05) is 19.7 Å². The van der Waals surface area contributed by atoms with E-state index < -0.39 is 25.1 Å². The number of rotatable bonds is 6. The first-order chi connectivity index (χ1) is 7.83. The molecule has 1 aliphatic rings. The fourth-order valence-electron chi connectivity index (χ4n) is 1.92. The van der Waals surface area contributed by atoms with Gasteiger partial charge < -0.3 is 5.11 Å². The molecule has 1 atom stereocenters. The Morgan fingerprint density at radius 1 is 1.41 bits per heavy atom. The van der Waals surface area contributed by atoms with Crippen LogP contribution in [0.4, 0.5) is 0 Å². The molecule has 0 spiro atoms. The quantitative estimate of drug-likeness (QED) is 0.690. The van der Waals surface area contributed by atoms with E-state index in [1.165, 1.54) is 4.31 Å². The highest BCUT2D eigenvalue weighted by molar-refractivity contribution is 7.95. The van der Waals surface area contributed by atoms with Gasteiger partial charge in [0.05, 0.1) is 16.8 Å². The van der Waals surface area contributed by atoms with E-state index in [0.29, 0.717) is 13.0 Å². The van der Waals surface area contributed by atoms with E-state index >= 15 is 0 Å². The van der Waals surface area contributed by atoms with Crippen LogP contribution in [-0.4, -0.2) is 62.7 Å². The minimum Gasteiger partial charge on any atom is -0.396 e. The molecule has 0 aromatic heterocycles. The van der Waals surface area contributed by atoms with Gasteiger partial charge in [-0.05, 0) is 12.8 Å². The number of aliphatic hydroxyl groups is 1. The largest absolute Gasteiger partial charge is 0.396 e. The molecular weight excluding hydrogens is 266 g/mol. The number of sulfone groups is 1. The normalized spacial score (nSPS) is 24.3. The van der Waals surface area contributed by atoms with Crippen LogP contribution < -0.4 is 0 Å². The maximum atomic E-state index is 12.1. The van der Waals surface area contributed by atoms with E-state index in [2.05, 4.69) is 0 Å². The lowest BCUT2D eigenvalue weighted by Crippen LogP contribution is -2.40. The van der Waals surface area contributed by atoms with Crippen LogP contribution in [0.2, 0.25) is 0 Å². The van der Waals surface area contributed by atoms with Crippen molar-refractivity contribution in [1.29, 1.82) is 0 Å². The summed E-state index contributed by atoms with van der Waals surface area (Å²) in [5, 5.41) is 7.89. The zero-order valence-corrected chi connectivity index (χ0v) is 11.5. The Bertz CT molecular complexity index is 442. The zero-order valence-electron chi connectivity index (χ0n) is 9.87. The van der Waals surface area contributed by atoms with Crippen molar-refractivity contribution in [3.63, 3.8) is 0 Å². The van der Waals surface area contributed by atoms with Crippen molar-refractivity contribution in [3.8, 4) is 0 Å². The molecule has 0 bridgehead atoms. The first kappa shape index (κ1) is 14.9. The molecule has 0 aromatic carbocycles. The van der Waals surface area contributed by atoms with Crippen molar-refractivity contribution < 1.29 is 21.9 Å². The number of aliphatic hydroxyl groups excluding tert-OH is 1. The van der Waals surface area contributed by atoms with E-state index in [9.17, 15) is 16.8 Å². The SMILES string of the molecule is CCN(CCCO)S(=O)(=O)C1CCS(=O)(=O)C1. The van der Waals surface area contributed by atoms with Crippen LogP contribution in [0.5, 0.6) is 0 Å². The number of hydrogen-bond acceptors (Lipinski definition) is 5. The highest BCUT2D eigenvalue weighted by Gasteiger charge is 2.39. The zero-order chi connectivity index (χ0) is 13.1. The summed E-state index contributed by atoms with van der Waals surface area (Å²) in [7, 11) is -6.75. The predicted molar refractivity (Wildman–Crippen MR) is 64.9 cm³/mol.